The number of unbranched alkanes of at least 4 members (excludes halogenated alkanes) is 5. The zero-order valence-corrected chi connectivity index (χ0v) is 18.7. The summed E-state index contributed by atoms with van der Waals surface area (Å²) in [6.45, 7) is 7.41. The van der Waals surface area contributed by atoms with Gasteiger partial charge in [0, 0.05) is 13.1 Å². The molecule has 2 amide bonds. The molecule has 1 aromatic rings. The van der Waals surface area contributed by atoms with Crippen molar-refractivity contribution in [1.82, 2.24) is 10.2 Å². The summed E-state index contributed by atoms with van der Waals surface area (Å²) in [6.07, 6.45) is 9.03. The van der Waals surface area contributed by atoms with Crippen molar-refractivity contribution >= 4 is 34.8 Å². The third-order valence-electron chi connectivity index (χ3n) is 4.79. The van der Waals surface area contributed by atoms with Crippen molar-refractivity contribution in [3.63, 3.8) is 0 Å². The van der Waals surface area contributed by atoms with Gasteiger partial charge in [-0.1, -0.05) is 80.6 Å². The van der Waals surface area contributed by atoms with Gasteiger partial charge in [0.2, 0.25) is 5.91 Å². The summed E-state index contributed by atoms with van der Waals surface area (Å²) in [5.41, 5.74) is 2.54. The fourth-order valence-corrected chi connectivity index (χ4v) is 3.95. The highest BCUT2D eigenvalue weighted by Crippen LogP contribution is 2.23. The summed E-state index contributed by atoms with van der Waals surface area (Å²) < 4.78 is 0. The highest BCUT2D eigenvalue weighted by atomic mass is 32.2. The number of carbonyl (C=O) groups excluding carboxylic acids is 2. The van der Waals surface area contributed by atoms with Gasteiger partial charge in [0.05, 0.1) is 5.75 Å². The molecule has 1 aliphatic rings. The third kappa shape index (κ3) is 7.69. The largest absolute Gasteiger partial charge is 0.355 e. The lowest BCUT2D eigenvalue weighted by atomic mass is 10.1. The van der Waals surface area contributed by atoms with E-state index in [4.69, 9.17) is 0 Å². The smallest absolute Gasteiger partial charge is 0.278 e. The van der Waals surface area contributed by atoms with Crippen LogP contribution < -0.4 is 5.32 Å². The Morgan fingerprint density at radius 3 is 2.48 bits per heavy atom. The number of hydrogen-bond donors (Lipinski definition) is 1. The van der Waals surface area contributed by atoms with Crippen LogP contribution in [0.2, 0.25) is 0 Å². The predicted molar refractivity (Wildman–Crippen MR) is 123 cm³/mol. The van der Waals surface area contributed by atoms with Gasteiger partial charge in [-0.05, 0) is 31.9 Å². The molecule has 1 aromatic carbocycles. The molecule has 0 saturated carbocycles. The van der Waals surface area contributed by atoms with E-state index >= 15 is 0 Å². The van der Waals surface area contributed by atoms with Gasteiger partial charge in [0.1, 0.15) is 5.70 Å². The van der Waals surface area contributed by atoms with Crippen LogP contribution in [0.3, 0.4) is 0 Å². The zero-order valence-electron chi connectivity index (χ0n) is 17.9. The number of rotatable bonds is 11. The van der Waals surface area contributed by atoms with Crippen molar-refractivity contribution in [3.8, 4) is 0 Å². The number of aliphatic imine (C=N–C) groups is 1. The number of nitrogens with zero attached hydrogens (tertiary/aromatic N) is 2. The molecule has 5 nitrogen and oxygen atoms in total. The Balaban J connectivity index is 1.82. The molecule has 0 saturated heterocycles. The molecule has 29 heavy (non-hydrogen) atoms. The van der Waals surface area contributed by atoms with E-state index in [1.54, 1.807) is 11.0 Å². The predicted octanol–water partition coefficient (Wildman–Crippen LogP) is 4.76. The van der Waals surface area contributed by atoms with Gasteiger partial charge in [-0.3, -0.25) is 14.5 Å². The molecular weight excluding hydrogens is 382 g/mol. The van der Waals surface area contributed by atoms with Crippen molar-refractivity contribution in [2.24, 2.45) is 4.99 Å². The number of carbonyl (C=O) groups is 2. The summed E-state index contributed by atoms with van der Waals surface area (Å²) in [5.74, 6) is 0.157. The SMILES string of the molecule is CCCCCCCCNC(=O)CSC1=N/C(=C/c2ccc(C)cc2)C(=O)N1CC. The maximum atomic E-state index is 12.6. The molecule has 0 atom stereocenters. The Morgan fingerprint density at radius 1 is 1.10 bits per heavy atom. The molecule has 0 radical (unpaired) electrons. The summed E-state index contributed by atoms with van der Waals surface area (Å²) >= 11 is 1.32. The minimum atomic E-state index is -0.108. The van der Waals surface area contributed by atoms with Crippen LogP contribution in [0, 0.1) is 6.92 Å². The molecule has 1 heterocycles. The first-order valence-electron chi connectivity index (χ1n) is 10.6. The second-order valence-electron chi connectivity index (χ2n) is 7.29. The lowest BCUT2D eigenvalue weighted by Gasteiger charge is -2.14. The first kappa shape index (κ1) is 23.2. The average Bonchev–Trinajstić information content (AvgIpc) is 3.02. The minimum Gasteiger partial charge on any atom is -0.355 e. The van der Waals surface area contributed by atoms with E-state index in [2.05, 4.69) is 17.2 Å². The molecule has 0 bridgehead atoms. The van der Waals surface area contributed by atoms with Crippen LogP contribution in [0.25, 0.3) is 6.08 Å². The van der Waals surface area contributed by atoms with Gasteiger partial charge in [-0.15, -0.1) is 0 Å². The van der Waals surface area contributed by atoms with Gasteiger partial charge < -0.3 is 5.32 Å². The van der Waals surface area contributed by atoms with E-state index in [1.165, 1.54) is 43.0 Å². The van der Waals surface area contributed by atoms with Crippen molar-refractivity contribution < 1.29 is 9.59 Å². The number of amidine groups is 1. The van der Waals surface area contributed by atoms with E-state index < -0.39 is 0 Å². The Morgan fingerprint density at radius 2 is 1.79 bits per heavy atom. The maximum Gasteiger partial charge on any atom is 0.278 e. The fourth-order valence-electron chi connectivity index (χ4n) is 3.05. The fraction of sp³-hybridized carbons (Fsp3) is 0.522. The Kier molecular flexibility index (Phi) is 9.98. The first-order chi connectivity index (χ1) is 14.0. The Hall–Kier alpha value is -2.08. The number of likely N-dealkylation sites (N-methyl/N-ethyl adjacent to an activating group) is 1. The van der Waals surface area contributed by atoms with E-state index in [0.29, 0.717) is 24.0 Å². The van der Waals surface area contributed by atoms with Gasteiger partial charge >= 0.3 is 0 Å². The van der Waals surface area contributed by atoms with Gasteiger partial charge in [-0.25, -0.2) is 4.99 Å². The van der Waals surface area contributed by atoms with Crippen LogP contribution in [-0.2, 0) is 9.59 Å². The number of amides is 2. The quantitative estimate of drug-likeness (QED) is 0.418. The molecule has 0 aromatic heterocycles. The van der Waals surface area contributed by atoms with Crippen LogP contribution in [0.15, 0.2) is 35.0 Å². The second-order valence-corrected chi connectivity index (χ2v) is 8.23. The summed E-state index contributed by atoms with van der Waals surface area (Å²) in [4.78, 5) is 30.8. The van der Waals surface area contributed by atoms with Crippen LogP contribution in [0.1, 0.15) is 63.5 Å². The summed E-state index contributed by atoms with van der Waals surface area (Å²) in [7, 11) is 0. The molecule has 1 aliphatic heterocycles. The molecule has 6 heteroatoms. The van der Waals surface area contributed by atoms with Gasteiger partial charge in [0.25, 0.3) is 5.91 Å². The second kappa shape index (κ2) is 12.5. The summed E-state index contributed by atoms with van der Waals surface area (Å²) in [5, 5.41) is 3.57. The van der Waals surface area contributed by atoms with E-state index in [0.717, 1.165) is 18.4 Å². The number of nitrogens with one attached hydrogen (secondary N) is 1. The Labute approximate surface area is 179 Å². The monoisotopic (exact) mass is 415 g/mol. The van der Waals surface area contributed by atoms with Crippen molar-refractivity contribution in [1.29, 1.82) is 0 Å². The number of hydrogen-bond acceptors (Lipinski definition) is 4. The number of benzene rings is 1. The van der Waals surface area contributed by atoms with Gasteiger partial charge in [-0.2, -0.15) is 0 Å². The van der Waals surface area contributed by atoms with E-state index in [9.17, 15) is 9.59 Å². The van der Waals surface area contributed by atoms with Crippen molar-refractivity contribution in [3.05, 3.63) is 41.1 Å². The molecule has 158 valence electrons. The molecular formula is C23H33N3O2S. The average molecular weight is 416 g/mol. The van der Waals surface area contributed by atoms with Crippen LogP contribution >= 0.6 is 11.8 Å². The highest BCUT2D eigenvalue weighted by Gasteiger charge is 2.29. The molecule has 2 rings (SSSR count). The summed E-state index contributed by atoms with van der Waals surface area (Å²) in [6, 6.07) is 7.97. The van der Waals surface area contributed by atoms with E-state index in [1.807, 2.05) is 38.1 Å². The Bertz CT molecular complexity index is 741. The lowest BCUT2D eigenvalue weighted by Crippen LogP contribution is -2.32. The van der Waals surface area contributed by atoms with Crippen LogP contribution in [-0.4, -0.2) is 40.7 Å². The zero-order chi connectivity index (χ0) is 21.1. The van der Waals surface area contributed by atoms with Crippen molar-refractivity contribution in [2.75, 3.05) is 18.8 Å². The molecule has 1 N–H and O–H groups in total. The minimum absolute atomic E-state index is 0.00859. The normalized spacial score (nSPS) is 15.1. The molecule has 0 spiro atoms. The topological polar surface area (TPSA) is 61.8 Å². The standard InChI is InChI=1S/C23H33N3O2S/c1-4-6-7-8-9-10-15-24-21(27)17-29-23-25-20(22(28)26(23)5-2)16-19-13-11-18(3)12-14-19/h11-14,16H,4-10,15,17H2,1-3H3,(H,24,27)/b20-16+. The third-order valence-corrected chi connectivity index (χ3v) is 5.77. The van der Waals surface area contributed by atoms with Crippen molar-refractivity contribution in [2.45, 2.75) is 59.3 Å². The molecule has 0 aliphatic carbocycles. The number of thioether (sulfide) groups is 1. The van der Waals surface area contributed by atoms with E-state index in [-0.39, 0.29) is 17.6 Å². The first-order valence-corrected chi connectivity index (χ1v) is 11.6. The van der Waals surface area contributed by atoms with Gasteiger partial charge in [0.15, 0.2) is 5.17 Å². The van der Waals surface area contributed by atoms with Crippen LogP contribution in [0.5, 0.6) is 0 Å². The molecule has 0 fully saturated rings. The number of aryl methyl sites for hydroxylation is 1. The lowest BCUT2D eigenvalue weighted by molar-refractivity contribution is -0.122. The molecule has 0 unspecified atom stereocenters. The van der Waals surface area contributed by atoms with Crippen LogP contribution in [0.4, 0.5) is 0 Å². The highest BCUT2D eigenvalue weighted by molar-refractivity contribution is 8.14. The maximum absolute atomic E-state index is 12.6.